The maximum atomic E-state index is 12.9. The Morgan fingerprint density at radius 1 is 1.06 bits per heavy atom. The number of ether oxygens (including phenoxy) is 1. The van der Waals surface area contributed by atoms with Crippen molar-refractivity contribution in [3.63, 3.8) is 0 Å². The van der Waals surface area contributed by atoms with Crippen LogP contribution in [0.4, 0.5) is 4.79 Å². The average molecular weight is 437 g/mol. The zero-order valence-corrected chi connectivity index (χ0v) is 18.5. The molecule has 4 fully saturated rings. The third-order valence-corrected chi connectivity index (χ3v) is 8.36. The number of nitrogens with zero attached hydrogens (tertiary/aromatic N) is 1. The second-order valence-corrected chi connectivity index (χ2v) is 10.4. The predicted octanol–water partition coefficient (Wildman–Crippen LogP) is 5.59. The summed E-state index contributed by atoms with van der Waals surface area (Å²) in [4.78, 5) is 15.4. The zero-order chi connectivity index (χ0) is 21.0. The summed E-state index contributed by atoms with van der Waals surface area (Å²) >= 11 is 6.20. The first-order valence-corrected chi connectivity index (χ1v) is 12.1. The number of benzene rings is 2. The molecule has 3 heterocycles. The lowest BCUT2D eigenvalue weighted by atomic mass is 9.76. The molecule has 7 rings (SSSR count). The molecule has 2 atom stereocenters. The van der Waals surface area contributed by atoms with Gasteiger partial charge in [0.05, 0.1) is 6.04 Å². The fourth-order valence-electron chi connectivity index (χ4n) is 6.07. The Labute approximate surface area is 188 Å². The van der Waals surface area contributed by atoms with E-state index in [1.54, 1.807) is 0 Å². The Morgan fingerprint density at radius 2 is 1.87 bits per heavy atom. The standard InChI is InChI=1S/C26H29ClN2O2/c27-21-3-1-2-18(15-21)19-4-5-22-20(14-19)6-9-26(10-11-26)24(22)28-25(30)31-23-16-29-12-7-17(23)8-13-29/h1-5,14-15,17,23-24H,6-13,16H2,(H,28,30)/t23-,24?/m1/s1. The third kappa shape index (κ3) is 3.64. The van der Waals surface area contributed by atoms with Gasteiger partial charge in [-0.3, -0.25) is 4.90 Å². The number of piperidine rings is 3. The number of halogens is 1. The van der Waals surface area contributed by atoms with E-state index >= 15 is 0 Å². The van der Waals surface area contributed by atoms with Crippen LogP contribution in [0, 0.1) is 11.3 Å². The number of rotatable bonds is 3. The van der Waals surface area contributed by atoms with Gasteiger partial charge in [-0.25, -0.2) is 4.79 Å². The Hall–Kier alpha value is -2.04. The summed E-state index contributed by atoms with van der Waals surface area (Å²) in [5.74, 6) is 0.532. The molecule has 2 aromatic rings. The topological polar surface area (TPSA) is 41.6 Å². The smallest absolute Gasteiger partial charge is 0.407 e. The third-order valence-electron chi connectivity index (χ3n) is 8.13. The largest absolute Gasteiger partial charge is 0.445 e. The number of carbonyl (C=O) groups excluding carboxylic acids is 1. The minimum Gasteiger partial charge on any atom is -0.445 e. The molecule has 1 saturated carbocycles. The van der Waals surface area contributed by atoms with Crippen LogP contribution in [0.5, 0.6) is 0 Å². The van der Waals surface area contributed by atoms with Gasteiger partial charge < -0.3 is 10.1 Å². The van der Waals surface area contributed by atoms with Crippen molar-refractivity contribution in [2.75, 3.05) is 19.6 Å². The van der Waals surface area contributed by atoms with Gasteiger partial charge in [0.2, 0.25) is 0 Å². The minimum absolute atomic E-state index is 0.0471. The minimum atomic E-state index is -0.234. The van der Waals surface area contributed by atoms with E-state index in [0.29, 0.717) is 5.92 Å². The van der Waals surface area contributed by atoms with Gasteiger partial charge in [-0.15, -0.1) is 0 Å². The van der Waals surface area contributed by atoms with Gasteiger partial charge in [0.1, 0.15) is 6.10 Å². The van der Waals surface area contributed by atoms with Gasteiger partial charge in [0, 0.05) is 11.6 Å². The second kappa shape index (κ2) is 7.53. The van der Waals surface area contributed by atoms with Gasteiger partial charge in [-0.2, -0.15) is 0 Å². The molecule has 31 heavy (non-hydrogen) atoms. The molecule has 3 saturated heterocycles. The Balaban J connectivity index is 1.22. The summed E-state index contributed by atoms with van der Waals surface area (Å²) in [6, 6.07) is 14.7. The van der Waals surface area contributed by atoms with Crippen LogP contribution in [0.25, 0.3) is 11.1 Å². The quantitative estimate of drug-likeness (QED) is 0.681. The van der Waals surface area contributed by atoms with Crippen molar-refractivity contribution in [1.29, 1.82) is 0 Å². The highest BCUT2D eigenvalue weighted by molar-refractivity contribution is 6.30. The van der Waals surface area contributed by atoms with E-state index in [4.69, 9.17) is 16.3 Å². The van der Waals surface area contributed by atoms with Crippen molar-refractivity contribution in [3.05, 3.63) is 58.6 Å². The Morgan fingerprint density at radius 3 is 2.58 bits per heavy atom. The van der Waals surface area contributed by atoms with E-state index in [9.17, 15) is 4.79 Å². The first-order valence-electron chi connectivity index (χ1n) is 11.7. The second-order valence-electron chi connectivity index (χ2n) is 9.95. The van der Waals surface area contributed by atoms with Crippen LogP contribution in [0.3, 0.4) is 0 Å². The van der Waals surface area contributed by atoms with Crippen molar-refractivity contribution in [2.45, 2.75) is 50.7 Å². The van der Waals surface area contributed by atoms with Crippen LogP contribution in [0.15, 0.2) is 42.5 Å². The van der Waals surface area contributed by atoms with E-state index in [1.165, 1.54) is 29.5 Å². The maximum absolute atomic E-state index is 12.9. The average Bonchev–Trinajstić information content (AvgIpc) is 3.57. The molecule has 5 aliphatic rings. The van der Waals surface area contributed by atoms with E-state index in [1.807, 2.05) is 18.2 Å². The molecule has 1 N–H and O–H groups in total. The number of aryl methyl sites for hydroxylation is 1. The zero-order valence-electron chi connectivity index (χ0n) is 17.8. The first kappa shape index (κ1) is 19.6. The molecule has 1 unspecified atom stereocenters. The number of amides is 1. The number of fused-ring (bicyclic) bond motifs is 4. The van der Waals surface area contributed by atoms with Gasteiger partial charge in [-0.05, 0) is 97.3 Å². The summed E-state index contributed by atoms with van der Waals surface area (Å²) in [6.07, 6.45) is 6.69. The molecule has 1 amide bonds. The highest BCUT2D eigenvalue weighted by atomic mass is 35.5. The van der Waals surface area contributed by atoms with Crippen molar-refractivity contribution in [1.82, 2.24) is 10.2 Å². The van der Waals surface area contributed by atoms with Gasteiger partial charge in [0.25, 0.3) is 0 Å². The van der Waals surface area contributed by atoms with Crippen LogP contribution in [0.1, 0.15) is 49.3 Å². The van der Waals surface area contributed by atoms with E-state index < -0.39 is 0 Å². The van der Waals surface area contributed by atoms with Gasteiger partial charge in [-0.1, -0.05) is 41.9 Å². The summed E-state index contributed by atoms with van der Waals surface area (Å²) in [6.45, 7) is 3.20. The molecular formula is C26H29ClN2O2. The first-order chi connectivity index (χ1) is 15.1. The summed E-state index contributed by atoms with van der Waals surface area (Å²) < 4.78 is 5.96. The number of alkyl carbamates (subject to hydrolysis) is 1. The molecule has 0 aromatic heterocycles. The molecule has 3 aliphatic heterocycles. The molecule has 162 valence electrons. The van der Waals surface area contributed by atoms with Crippen molar-refractivity contribution in [3.8, 4) is 11.1 Å². The summed E-state index contributed by atoms with van der Waals surface area (Å²) in [5, 5.41) is 4.05. The number of hydrogen-bond acceptors (Lipinski definition) is 3. The van der Waals surface area contributed by atoms with Crippen molar-refractivity contribution < 1.29 is 9.53 Å². The van der Waals surface area contributed by atoms with Crippen molar-refractivity contribution >= 4 is 17.7 Å². The highest BCUT2D eigenvalue weighted by Crippen LogP contribution is 2.61. The summed E-state index contributed by atoms with van der Waals surface area (Å²) in [7, 11) is 0. The monoisotopic (exact) mass is 436 g/mol. The molecule has 1 spiro atoms. The number of carbonyl (C=O) groups is 1. The van der Waals surface area contributed by atoms with E-state index in [2.05, 4.69) is 34.5 Å². The fourth-order valence-corrected chi connectivity index (χ4v) is 6.26. The predicted molar refractivity (Wildman–Crippen MR) is 122 cm³/mol. The Bertz CT molecular complexity index is 1010. The fraction of sp³-hybridized carbons (Fsp3) is 0.500. The van der Waals surface area contributed by atoms with Crippen LogP contribution >= 0.6 is 11.6 Å². The lowest BCUT2D eigenvalue weighted by Crippen LogP contribution is -2.53. The van der Waals surface area contributed by atoms with E-state index in [-0.39, 0.29) is 23.7 Å². The molecule has 4 nitrogen and oxygen atoms in total. The molecular weight excluding hydrogens is 408 g/mol. The maximum Gasteiger partial charge on any atom is 0.407 e. The summed E-state index contributed by atoms with van der Waals surface area (Å²) in [5.41, 5.74) is 5.14. The molecule has 5 heteroatoms. The Kier molecular flexibility index (Phi) is 4.77. The lowest BCUT2D eigenvalue weighted by molar-refractivity contribution is -0.0347. The molecule has 0 radical (unpaired) electrons. The van der Waals surface area contributed by atoms with Crippen LogP contribution < -0.4 is 5.32 Å². The van der Waals surface area contributed by atoms with Gasteiger partial charge >= 0.3 is 6.09 Å². The molecule has 2 aromatic carbocycles. The lowest BCUT2D eigenvalue weighted by Gasteiger charge is -2.44. The number of nitrogens with one attached hydrogen (secondary N) is 1. The highest BCUT2D eigenvalue weighted by Gasteiger charge is 2.53. The normalized spacial score (nSPS) is 30.0. The molecule has 2 bridgehead atoms. The van der Waals surface area contributed by atoms with Crippen LogP contribution in [0.2, 0.25) is 5.02 Å². The van der Waals surface area contributed by atoms with Gasteiger partial charge in [0.15, 0.2) is 0 Å². The van der Waals surface area contributed by atoms with E-state index in [0.717, 1.165) is 55.9 Å². The SMILES string of the molecule is O=C(NC1c2ccc(-c3cccc(Cl)c3)cc2CCC12CC2)O[C@@H]1CN2CCC1CC2. The number of hydrogen-bond donors (Lipinski definition) is 1. The van der Waals surface area contributed by atoms with Crippen molar-refractivity contribution in [2.24, 2.45) is 11.3 Å². The van der Waals surface area contributed by atoms with Crippen LogP contribution in [-0.4, -0.2) is 36.7 Å². The van der Waals surface area contributed by atoms with Crippen LogP contribution in [-0.2, 0) is 11.2 Å². The molecule has 2 aliphatic carbocycles.